The summed E-state index contributed by atoms with van der Waals surface area (Å²) in [6.45, 7) is 3.80. The Balaban J connectivity index is 2.81. The van der Waals surface area contributed by atoms with Crippen molar-refractivity contribution in [3.8, 4) is 28.8 Å². The highest BCUT2D eigenvalue weighted by Crippen LogP contribution is 2.33. The molecule has 0 saturated carbocycles. The van der Waals surface area contributed by atoms with Gasteiger partial charge in [-0.2, -0.15) is 5.26 Å². The zero-order valence-electron chi connectivity index (χ0n) is 13.1. The van der Waals surface area contributed by atoms with Crippen LogP contribution in [0.15, 0.2) is 35.1 Å². The first-order valence-corrected chi connectivity index (χ1v) is 6.91. The quantitative estimate of drug-likeness (QED) is 0.870. The van der Waals surface area contributed by atoms with Crippen molar-refractivity contribution in [3.63, 3.8) is 0 Å². The number of benzene rings is 1. The van der Waals surface area contributed by atoms with Crippen LogP contribution in [0.5, 0.6) is 11.5 Å². The molecule has 2 rings (SSSR count). The lowest BCUT2D eigenvalue weighted by Crippen LogP contribution is -2.25. The summed E-state index contributed by atoms with van der Waals surface area (Å²) in [5.74, 6) is 1.31. The summed E-state index contributed by atoms with van der Waals surface area (Å²) in [7, 11) is 3.16. The largest absolute Gasteiger partial charge is 0.497 e. The highest BCUT2D eigenvalue weighted by Gasteiger charge is 2.16. The normalized spacial score (nSPS) is 10.4. The summed E-state index contributed by atoms with van der Waals surface area (Å²) in [6, 6.07) is 10.5. The monoisotopic (exact) mass is 298 g/mol. The third kappa shape index (κ3) is 2.68. The second-order valence-electron chi connectivity index (χ2n) is 5.08. The molecule has 0 aliphatic rings. The van der Waals surface area contributed by atoms with Gasteiger partial charge in [0.05, 0.1) is 19.9 Å². The number of ether oxygens (including phenoxy) is 2. The molecule has 2 aromatic rings. The van der Waals surface area contributed by atoms with Gasteiger partial charge >= 0.3 is 0 Å². The van der Waals surface area contributed by atoms with Crippen LogP contribution in [0.25, 0.3) is 11.3 Å². The molecular formula is C17H18N2O3. The van der Waals surface area contributed by atoms with Crippen LogP contribution in [0.3, 0.4) is 0 Å². The van der Waals surface area contributed by atoms with Crippen LogP contribution in [-0.2, 0) is 0 Å². The van der Waals surface area contributed by atoms with Gasteiger partial charge in [0, 0.05) is 11.6 Å². The Bertz CT molecular complexity index is 785. The molecule has 0 N–H and O–H groups in total. The molecule has 5 nitrogen and oxygen atoms in total. The van der Waals surface area contributed by atoms with Gasteiger partial charge in [0.2, 0.25) is 0 Å². The molecule has 0 aliphatic heterocycles. The van der Waals surface area contributed by atoms with Crippen LogP contribution in [-0.4, -0.2) is 18.8 Å². The molecule has 0 aliphatic carbocycles. The van der Waals surface area contributed by atoms with E-state index in [-0.39, 0.29) is 17.2 Å². The molecule has 114 valence electrons. The molecule has 0 atom stereocenters. The Labute approximate surface area is 129 Å². The Morgan fingerprint density at radius 3 is 2.41 bits per heavy atom. The van der Waals surface area contributed by atoms with Gasteiger partial charge in [-0.15, -0.1) is 0 Å². The molecule has 1 heterocycles. The molecule has 0 bridgehead atoms. The number of rotatable bonds is 4. The fourth-order valence-corrected chi connectivity index (χ4v) is 2.38. The Hall–Kier alpha value is -2.74. The van der Waals surface area contributed by atoms with Crippen LogP contribution < -0.4 is 15.0 Å². The summed E-state index contributed by atoms with van der Waals surface area (Å²) in [4.78, 5) is 12.5. The maximum absolute atomic E-state index is 12.5. The molecule has 0 spiro atoms. The van der Waals surface area contributed by atoms with Crippen molar-refractivity contribution in [2.24, 2.45) is 0 Å². The number of nitrogens with zero attached hydrogens (tertiary/aromatic N) is 2. The van der Waals surface area contributed by atoms with Crippen molar-refractivity contribution in [3.05, 3.63) is 46.2 Å². The second kappa shape index (κ2) is 6.35. The second-order valence-corrected chi connectivity index (χ2v) is 5.08. The van der Waals surface area contributed by atoms with Gasteiger partial charge in [-0.3, -0.25) is 4.79 Å². The Morgan fingerprint density at radius 1 is 1.14 bits per heavy atom. The summed E-state index contributed by atoms with van der Waals surface area (Å²) in [5.41, 5.74) is 1.26. The van der Waals surface area contributed by atoms with Crippen LogP contribution in [0, 0.1) is 11.3 Å². The van der Waals surface area contributed by atoms with Crippen molar-refractivity contribution in [1.29, 1.82) is 5.26 Å². The summed E-state index contributed by atoms with van der Waals surface area (Å²) in [6.07, 6.45) is 0. The van der Waals surface area contributed by atoms with Gasteiger partial charge in [0.1, 0.15) is 23.1 Å². The first-order chi connectivity index (χ1) is 10.5. The van der Waals surface area contributed by atoms with Gasteiger partial charge in [-0.05, 0) is 44.2 Å². The van der Waals surface area contributed by atoms with Crippen molar-refractivity contribution < 1.29 is 9.47 Å². The van der Waals surface area contributed by atoms with E-state index in [4.69, 9.17) is 14.7 Å². The van der Waals surface area contributed by atoms with Crippen molar-refractivity contribution in [1.82, 2.24) is 4.57 Å². The third-order valence-electron chi connectivity index (χ3n) is 3.44. The molecule has 0 saturated heterocycles. The number of hydrogen-bond donors (Lipinski definition) is 0. The average Bonchev–Trinajstić information content (AvgIpc) is 2.53. The number of nitriles is 1. The van der Waals surface area contributed by atoms with E-state index in [0.717, 1.165) is 5.56 Å². The maximum atomic E-state index is 12.5. The summed E-state index contributed by atoms with van der Waals surface area (Å²) in [5, 5.41) is 9.06. The number of hydrogen-bond acceptors (Lipinski definition) is 4. The minimum absolute atomic E-state index is 0.0910. The lowest BCUT2D eigenvalue weighted by molar-refractivity contribution is 0.404. The fraction of sp³-hybridized carbons (Fsp3) is 0.294. The minimum atomic E-state index is -0.306. The van der Waals surface area contributed by atoms with E-state index in [9.17, 15) is 4.79 Å². The van der Waals surface area contributed by atoms with Crippen molar-refractivity contribution >= 4 is 0 Å². The molecule has 0 radical (unpaired) electrons. The predicted octanol–water partition coefficient (Wildman–Crippen LogP) is 2.99. The molecule has 0 unspecified atom stereocenters. The summed E-state index contributed by atoms with van der Waals surface area (Å²) >= 11 is 0. The average molecular weight is 298 g/mol. The van der Waals surface area contributed by atoms with Crippen LogP contribution >= 0.6 is 0 Å². The molecule has 5 heteroatoms. The van der Waals surface area contributed by atoms with Crippen LogP contribution in [0.1, 0.15) is 25.5 Å². The van der Waals surface area contributed by atoms with E-state index in [1.54, 1.807) is 37.0 Å². The fourth-order valence-electron chi connectivity index (χ4n) is 2.38. The Kier molecular flexibility index (Phi) is 4.52. The van der Waals surface area contributed by atoms with Gasteiger partial charge in [-0.1, -0.05) is 0 Å². The highest BCUT2D eigenvalue weighted by atomic mass is 16.5. The number of aromatic nitrogens is 1. The van der Waals surface area contributed by atoms with Crippen molar-refractivity contribution in [2.45, 2.75) is 19.9 Å². The highest BCUT2D eigenvalue weighted by molar-refractivity contribution is 5.70. The van der Waals surface area contributed by atoms with E-state index in [0.29, 0.717) is 17.2 Å². The SMILES string of the molecule is COc1ccc(OC)c(-c2ccc(C#N)c(=O)n2C(C)C)c1. The van der Waals surface area contributed by atoms with Crippen LogP contribution in [0.2, 0.25) is 0 Å². The summed E-state index contributed by atoms with van der Waals surface area (Å²) < 4.78 is 12.2. The van der Waals surface area contributed by atoms with E-state index < -0.39 is 0 Å². The lowest BCUT2D eigenvalue weighted by atomic mass is 10.1. The predicted molar refractivity (Wildman–Crippen MR) is 84.3 cm³/mol. The van der Waals surface area contributed by atoms with E-state index in [1.165, 1.54) is 6.07 Å². The number of methoxy groups -OCH3 is 2. The van der Waals surface area contributed by atoms with Crippen molar-refractivity contribution in [2.75, 3.05) is 14.2 Å². The van der Waals surface area contributed by atoms with E-state index in [1.807, 2.05) is 26.0 Å². The first-order valence-electron chi connectivity index (χ1n) is 6.91. The van der Waals surface area contributed by atoms with Gasteiger partial charge in [0.15, 0.2) is 0 Å². The Morgan fingerprint density at radius 2 is 1.86 bits per heavy atom. The molecule has 1 aromatic heterocycles. The molecular weight excluding hydrogens is 280 g/mol. The topological polar surface area (TPSA) is 64.2 Å². The standard InChI is InChI=1S/C17H18N2O3/c1-11(2)19-15(7-5-12(10-18)17(19)20)14-9-13(21-3)6-8-16(14)22-4/h5-9,11H,1-4H3. The van der Waals surface area contributed by atoms with Crippen LogP contribution in [0.4, 0.5) is 0 Å². The molecule has 0 fully saturated rings. The molecule has 1 aromatic carbocycles. The van der Waals surface area contributed by atoms with Gasteiger partial charge in [0.25, 0.3) is 5.56 Å². The minimum Gasteiger partial charge on any atom is -0.497 e. The molecule has 22 heavy (non-hydrogen) atoms. The van der Waals surface area contributed by atoms with E-state index in [2.05, 4.69) is 0 Å². The lowest BCUT2D eigenvalue weighted by Gasteiger charge is -2.19. The van der Waals surface area contributed by atoms with Gasteiger partial charge < -0.3 is 14.0 Å². The maximum Gasteiger partial charge on any atom is 0.269 e. The smallest absolute Gasteiger partial charge is 0.269 e. The van der Waals surface area contributed by atoms with E-state index >= 15 is 0 Å². The first kappa shape index (κ1) is 15.6. The molecule has 0 amide bonds. The zero-order chi connectivity index (χ0) is 16.3. The van der Waals surface area contributed by atoms with Gasteiger partial charge in [-0.25, -0.2) is 0 Å². The number of pyridine rings is 1. The zero-order valence-corrected chi connectivity index (χ0v) is 13.1. The third-order valence-corrected chi connectivity index (χ3v) is 3.44.